The van der Waals surface area contributed by atoms with Crippen LogP contribution in [0.1, 0.15) is 49.7 Å². The highest BCUT2D eigenvalue weighted by atomic mass is 16.5. The van der Waals surface area contributed by atoms with Gasteiger partial charge >= 0.3 is 0 Å². The number of likely N-dealkylation sites (N-methyl/N-ethyl adjacent to an activating group) is 1. The zero-order valence-corrected chi connectivity index (χ0v) is 13.8. The lowest BCUT2D eigenvalue weighted by Crippen LogP contribution is -2.39. The Hall–Kier alpha value is -0.840. The molecule has 1 fully saturated rings. The van der Waals surface area contributed by atoms with Gasteiger partial charge in [0.25, 0.3) is 0 Å². The van der Waals surface area contributed by atoms with E-state index >= 15 is 0 Å². The minimum atomic E-state index is 0.570. The molecule has 2 rings (SSSR count). The standard InChI is InChI=1S/C17H30N2O2/c1-4-8-18-11-15-10-17(21-14(15)2)13-20-12-16-7-5-6-9-19(16)3/h10,16,18H,4-9,11-13H2,1-3H3. The summed E-state index contributed by atoms with van der Waals surface area (Å²) in [4.78, 5) is 2.41. The van der Waals surface area contributed by atoms with Crippen molar-refractivity contribution >= 4 is 0 Å². The van der Waals surface area contributed by atoms with Gasteiger partial charge in [-0.25, -0.2) is 0 Å². The van der Waals surface area contributed by atoms with Crippen LogP contribution in [-0.2, 0) is 17.9 Å². The molecule has 120 valence electrons. The Morgan fingerprint density at radius 1 is 1.43 bits per heavy atom. The second kappa shape index (κ2) is 8.57. The summed E-state index contributed by atoms with van der Waals surface area (Å²) in [6.45, 7) is 8.72. The van der Waals surface area contributed by atoms with Gasteiger partial charge in [-0.1, -0.05) is 13.3 Å². The number of rotatable bonds is 8. The zero-order chi connectivity index (χ0) is 15.1. The molecule has 4 nitrogen and oxygen atoms in total. The van der Waals surface area contributed by atoms with Crippen molar-refractivity contribution in [3.05, 3.63) is 23.2 Å². The van der Waals surface area contributed by atoms with Gasteiger partial charge in [0.15, 0.2) is 0 Å². The number of aryl methyl sites for hydroxylation is 1. The van der Waals surface area contributed by atoms with Crippen LogP contribution in [0.5, 0.6) is 0 Å². The fourth-order valence-electron chi connectivity index (χ4n) is 2.88. The van der Waals surface area contributed by atoms with E-state index in [-0.39, 0.29) is 0 Å². The van der Waals surface area contributed by atoms with Crippen LogP contribution in [0.4, 0.5) is 0 Å². The third kappa shape index (κ3) is 5.13. The van der Waals surface area contributed by atoms with E-state index in [1.807, 2.05) is 6.92 Å². The number of piperidine rings is 1. The van der Waals surface area contributed by atoms with Crippen LogP contribution in [0.2, 0.25) is 0 Å². The summed E-state index contributed by atoms with van der Waals surface area (Å²) in [5.74, 6) is 1.95. The number of hydrogen-bond donors (Lipinski definition) is 1. The molecule has 1 N–H and O–H groups in total. The van der Waals surface area contributed by atoms with E-state index in [2.05, 4.69) is 30.3 Å². The topological polar surface area (TPSA) is 37.6 Å². The number of nitrogens with zero attached hydrogens (tertiary/aromatic N) is 1. The molecule has 0 spiro atoms. The molecule has 1 aromatic heterocycles. The fraction of sp³-hybridized carbons (Fsp3) is 0.765. The smallest absolute Gasteiger partial charge is 0.130 e. The van der Waals surface area contributed by atoms with Crippen LogP contribution in [0, 0.1) is 6.92 Å². The molecular formula is C17H30N2O2. The fourth-order valence-corrected chi connectivity index (χ4v) is 2.88. The summed E-state index contributed by atoms with van der Waals surface area (Å²) in [6.07, 6.45) is 5.05. The van der Waals surface area contributed by atoms with E-state index in [0.29, 0.717) is 12.6 Å². The van der Waals surface area contributed by atoms with E-state index in [4.69, 9.17) is 9.15 Å². The van der Waals surface area contributed by atoms with Crippen LogP contribution in [-0.4, -0.2) is 37.7 Å². The Balaban J connectivity index is 1.74. The van der Waals surface area contributed by atoms with Crippen LogP contribution < -0.4 is 5.32 Å². The Morgan fingerprint density at radius 3 is 3.05 bits per heavy atom. The van der Waals surface area contributed by atoms with Crippen molar-refractivity contribution in [3.63, 3.8) is 0 Å². The highest BCUT2D eigenvalue weighted by Crippen LogP contribution is 2.18. The number of furan rings is 1. The molecule has 21 heavy (non-hydrogen) atoms. The van der Waals surface area contributed by atoms with Crippen LogP contribution in [0.25, 0.3) is 0 Å². The number of ether oxygens (including phenoxy) is 1. The van der Waals surface area contributed by atoms with Gasteiger partial charge in [0, 0.05) is 18.2 Å². The SMILES string of the molecule is CCCNCc1cc(COCC2CCCCN2C)oc1C. The molecule has 0 radical (unpaired) electrons. The van der Waals surface area contributed by atoms with Crippen LogP contribution in [0.15, 0.2) is 10.5 Å². The quantitative estimate of drug-likeness (QED) is 0.748. The van der Waals surface area contributed by atoms with Crippen molar-refractivity contribution in [2.45, 2.75) is 58.7 Å². The molecule has 0 aliphatic carbocycles. The summed E-state index contributed by atoms with van der Waals surface area (Å²) in [5.41, 5.74) is 1.25. The maximum absolute atomic E-state index is 5.87. The van der Waals surface area contributed by atoms with Gasteiger partial charge in [-0.2, -0.15) is 0 Å². The molecule has 0 amide bonds. The van der Waals surface area contributed by atoms with E-state index in [1.165, 1.54) is 31.4 Å². The van der Waals surface area contributed by atoms with Crippen molar-refractivity contribution in [1.82, 2.24) is 10.2 Å². The first-order valence-electron chi connectivity index (χ1n) is 8.27. The van der Waals surface area contributed by atoms with E-state index in [9.17, 15) is 0 Å². The Bertz CT molecular complexity index is 417. The van der Waals surface area contributed by atoms with Crippen molar-refractivity contribution in [1.29, 1.82) is 0 Å². The molecule has 2 heterocycles. The molecule has 1 aromatic rings. The number of likely N-dealkylation sites (tertiary alicyclic amines) is 1. The molecule has 0 saturated carbocycles. The molecule has 1 atom stereocenters. The summed E-state index contributed by atoms with van der Waals surface area (Å²) in [6, 6.07) is 2.70. The first kappa shape index (κ1) is 16.5. The molecule has 1 saturated heterocycles. The van der Waals surface area contributed by atoms with Gasteiger partial charge in [-0.3, -0.25) is 0 Å². The Labute approximate surface area is 128 Å². The third-order valence-electron chi connectivity index (χ3n) is 4.29. The predicted octanol–water partition coefficient (Wildman–Crippen LogP) is 3.09. The summed E-state index contributed by atoms with van der Waals surface area (Å²) in [7, 11) is 2.20. The Kier molecular flexibility index (Phi) is 6.74. The lowest BCUT2D eigenvalue weighted by Gasteiger charge is -2.32. The van der Waals surface area contributed by atoms with Gasteiger partial charge in [-0.05, 0) is 52.4 Å². The normalized spacial score (nSPS) is 20.0. The second-order valence-corrected chi connectivity index (χ2v) is 6.12. The summed E-state index contributed by atoms with van der Waals surface area (Å²) >= 11 is 0. The van der Waals surface area contributed by atoms with Gasteiger partial charge in [0.2, 0.25) is 0 Å². The second-order valence-electron chi connectivity index (χ2n) is 6.12. The van der Waals surface area contributed by atoms with Crippen molar-refractivity contribution in [2.75, 3.05) is 26.7 Å². The molecule has 4 heteroatoms. The maximum Gasteiger partial charge on any atom is 0.130 e. The molecule has 1 unspecified atom stereocenters. The highest BCUT2D eigenvalue weighted by Gasteiger charge is 2.19. The Morgan fingerprint density at radius 2 is 2.29 bits per heavy atom. The number of hydrogen-bond acceptors (Lipinski definition) is 4. The predicted molar refractivity (Wildman–Crippen MR) is 85.4 cm³/mol. The van der Waals surface area contributed by atoms with Crippen LogP contribution >= 0.6 is 0 Å². The minimum absolute atomic E-state index is 0.570. The molecule has 1 aliphatic rings. The monoisotopic (exact) mass is 294 g/mol. The van der Waals surface area contributed by atoms with Crippen molar-refractivity contribution < 1.29 is 9.15 Å². The summed E-state index contributed by atoms with van der Waals surface area (Å²) in [5, 5.41) is 3.41. The zero-order valence-electron chi connectivity index (χ0n) is 13.8. The van der Waals surface area contributed by atoms with Gasteiger partial charge < -0.3 is 19.4 Å². The first-order chi connectivity index (χ1) is 10.2. The first-order valence-corrected chi connectivity index (χ1v) is 8.27. The molecule has 0 bridgehead atoms. The molecule has 0 aromatic carbocycles. The van der Waals surface area contributed by atoms with Gasteiger partial charge in [0.1, 0.15) is 18.1 Å². The lowest BCUT2D eigenvalue weighted by atomic mass is 10.0. The van der Waals surface area contributed by atoms with Gasteiger partial charge in [0.05, 0.1) is 6.61 Å². The van der Waals surface area contributed by atoms with Crippen molar-refractivity contribution in [3.8, 4) is 0 Å². The average molecular weight is 294 g/mol. The number of nitrogens with one attached hydrogen (secondary N) is 1. The lowest BCUT2D eigenvalue weighted by molar-refractivity contribution is 0.0372. The van der Waals surface area contributed by atoms with Gasteiger partial charge in [-0.15, -0.1) is 0 Å². The van der Waals surface area contributed by atoms with Crippen molar-refractivity contribution in [2.24, 2.45) is 0 Å². The van der Waals surface area contributed by atoms with E-state index < -0.39 is 0 Å². The van der Waals surface area contributed by atoms with E-state index in [1.54, 1.807) is 0 Å². The van der Waals surface area contributed by atoms with E-state index in [0.717, 1.165) is 37.6 Å². The average Bonchev–Trinajstić information content (AvgIpc) is 2.82. The molecule has 1 aliphatic heterocycles. The highest BCUT2D eigenvalue weighted by molar-refractivity contribution is 5.20. The van der Waals surface area contributed by atoms with Crippen LogP contribution in [0.3, 0.4) is 0 Å². The minimum Gasteiger partial charge on any atom is -0.464 e. The molecular weight excluding hydrogens is 264 g/mol. The maximum atomic E-state index is 5.87. The third-order valence-corrected chi connectivity index (χ3v) is 4.29. The largest absolute Gasteiger partial charge is 0.464 e. The summed E-state index contributed by atoms with van der Waals surface area (Å²) < 4.78 is 11.7.